The van der Waals surface area contributed by atoms with E-state index in [-0.39, 0.29) is 5.60 Å². The molecule has 2 rings (SSSR count). The molecule has 2 unspecified atom stereocenters. The SMILES string of the molecule is CC1(C)CCC2O[B]OC2(C)C1. The molecule has 0 aromatic rings. The normalized spacial score (nSPS) is 45.1. The van der Waals surface area contributed by atoms with Gasteiger partial charge in [-0.25, -0.2) is 0 Å². The maximum absolute atomic E-state index is 5.53. The van der Waals surface area contributed by atoms with E-state index >= 15 is 0 Å². The molecule has 1 saturated carbocycles. The zero-order chi connectivity index (χ0) is 8.82. The Morgan fingerprint density at radius 3 is 2.83 bits per heavy atom. The third-order valence-electron chi connectivity index (χ3n) is 3.13. The van der Waals surface area contributed by atoms with Gasteiger partial charge in [-0.15, -0.1) is 0 Å². The lowest BCUT2D eigenvalue weighted by Gasteiger charge is -2.43. The highest BCUT2D eigenvalue weighted by Gasteiger charge is 2.48. The zero-order valence-corrected chi connectivity index (χ0v) is 8.09. The van der Waals surface area contributed by atoms with Crippen LogP contribution in [0.3, 0.4) is 0 Å². The summed E-state index contributed by atoms with van der Waals surface area (Å²) in [6.45, 7) is 6.76. The molecule has 0 amide bonds. The lowest BCUT2D eigenvalue weighted by Crippen LogP contribution is -2.45. The van der Waals surface area contributed by atoms with Crippen molar-refractivity contribution in [3.05, 3.63) is 0 Å². The Hall–Kier alpha value is -0.0151. The third-order valence-corrected chi connectivity index (χ3v) is 3.13. The van der Waals surface area contributed by atoms with Crippen LogP contribution in [0.15, 0.2) is 0 Å². The molecular formula is C9H16BO2. The van der Waals surface area contributed by atoms with E-state index in [4.69, 9.17) is 9.31 Å². The molecule has 2 fully saturated rings. The summed E-state index contributed by atoms with van der Waals surface area (Å²) < 4.78 is 10.9. The van der Waals surface area contributed by atoms with Crippen molar-refractivity contribution in [3.8, 4) is 0 Å². The molecule has 3 heteroatoms. The van der Waals surface area contributed by atoms with E-state index in [2.05, 4.69) is 20.8 Å². The van der Waals surface area contributed by atoms with Crippen molar-refractivity contribution in [2.45, 2.75) is 51.7 Å². The quantitative estimate of drug-likeness (QED) is 0.513. The number of fused-ring (bicyclic) bond motifs is 1. The molecule has 0 aromatic heterocycles. The van der Waals surface area contributed by atoms with Gasteiger partial charge in [0.05, 0.1) is 11.7 Å². The number of hydrogen-bond acceptors (Lipinski definition) is 2. The predicted molar refractivity (Wildman–Crippen MR) is 47.7 cm³/mol. The van der Waals surface area contributed by atoms with Gasteiger partial charge in [0.25, 0.3) is 0 Å². The van der Waals surface area contributed by atoms with Gasteiger partial charge in [0, 0.05) is 0 Å². The van der Waals surface area contributed by atoms with Crippen LogP contribution in [0.2, 0.25) is 0 Å². The summed E-state index contributed by atoms with van der Waals surface area (Å²) in [7, 11) is 1.52. The molecule has 1 saturated heterocycles. The minimum absolute atomic E-state index is 0.0538. The van der Waals surface area contributed by atoms with Crippen LogP contribution < -0.4 is 0 Å². The van der Waals surface area contributed by atoms with Gasteiger partial charge in [0.1, 0.15) is 0 Å². The van der Waals surface area contributed by atoms with Crippen LogP contribution in [0.1, 0.15) is 40.0 Å². The highest BCUT2D eigenvalue weighted by Crippen LogP contribution is 2.45. The number of hydrogen-bond donors (Lipinski definition) is 0. The van der Waals surface area contributed by atoms with Gasteiger partial charge >= 0.3 is 7.69 Å². The molecule has 2 aliphatic rings. The van der Waals surface area contributed by atoms with Gasteiger partial charge in [0.2, 0.25) is 0 Å². The lowest BCUT2D eigenvalue weighted by molar-refractivity contribution is -0.0294. The molecule has 1 aliphatic heterocycles. The topological polar surface area (TPSA) is 18.5 Å². The molecule has 1 heterocycles. The molecule has 0 aromatic carbocycles. The van der Waals surface area contributed by atoms with E-state index in [0.717, 1.165) is 12.8 Å². The monoisotopic (exact) mass is 167 g/mol. The van der Waals surface area contributed by atoms with E-state index in [1.54, 1.807) is 0 Å². The number of rotatable bonds is 0. The van der Waals surface area contributed by atoms with Crippen molar-refractivity contribution in [1.82, 2.24) is 0 Å². The van der Waals surface area contributed by atoms with Crippen molar-refractivity contribution >= 4 is 7.69 Å². The standard InChI is InChI=1S/C9H16BO2/c1-8(2)5-4-7-9(3,6-8)12-10-11-7/h7H,4-6H2,1-3H3. The van der Waals surface area contributed by atoms with E-state index in [0.29, 0.717) is 11.5 Å². The van der Waals surface area contributed by atoms with Crippen molar-refractivity contribution in [2.75, 3.05) is 0 Å². The predicted octanol–water partition coefficient (Wildman–Crippen LogP) is 1.90. The summed E-state index contributed by atoms with van der Waals surface area (Å²) in [5, 5.41) is 0. The van der Waals surface area contributed by atoms with E-state index in [1.807, 2.05) is 0 Å². The molecule has 0 spiro atoms. The van der Waals surface area contributed by atoms with Crippen LogP contribution in [0.25, 0.3) is 0 Å². The molecule has 0 bridgehead atoms. The van der Waals surface area contributed by atoms with Crippen molar-refractivity contribution in [1.29, 1.82) is 0 Å². The molecule has 12 heavy (non-hydrogen) atoms. The fourth-order valence-electron chi connectivity index (χ4n) is 2.51. The van der Waals surface area contributed by atoms with E-state index < -0.39 is 0 Å². The smallest absolute Gasteiger partial charge is 0.407 e. The molecule has 0 N–H and O–H groups in total. The Labute approximate surface area is 74.9 Å². The highest BCUT2D eigenvalue weighted by molar-refractivity contribution is 6.19. The first-order valence-corrected chi connectivity index (χ1v) is 4.67. The fourth-order valence-corrected chi connectivity index (χ4v) is 2.51. The Morgan fingerprint density at radius 2 is 2.08 bits per heavy atom. The molecule has 2 atom stereocenters. The van der Waals surface area contributed by atoms with Gasteiger partial charge < -0.3 is 9.31 Å². The summed E-state index contributed by atoms with van der Waals surface area (Å²) in [6, 6.07) is 0. The van der Waals surface area contributed by atoms with Crippen molar-refractivity contribution < 1.29 is 9.31 Å². The Bertz CT molecular complexity index is 193. The van der Waals surface area contributed by atoms with Crippen LogP contribution in [-0.2, 0) is 9.31 Å². The van der Waals surface area contributed by atoms with Crippen LogP contribution in [-0.4, -0.2) is 19.4 Å². The van der Waals surface area contributed by atoms with Crippen LogP contribution in [0, 0.1) is 5.41 Å². The maximum atomic E-state index is 5.53. The van der Waals surface area contributed by atoms with Gasteiger partial charge in [-0.3, -0.25) is 0 Å². The fraction of sp³-hybridized carbons (Fsp3) is 1.00. The first-order chi connectivity index (χ1) is 5.52. The van der Waals surface area contributed by atoms with E-state index in [1.165, 1.54) is 14.1 Å². The highest BCUT2D eigenvalue weighted by atomic mass is 16.6. The van der Waals surface area contributed by atoms with Crippen molar-refractivity contribution in [2.24, 2.45) is 5.41 Å². The largest absolute Gasteiger partial charge is 0.488 e. The van der Waals surface area contributed by atoms with Gasteiger partial charge in [-0.1, -0.05) is 13.8 Å². The summed E-state index contributed by atoms with van der Waals surface area (Å²) >= 11 is 0. The molecule has 2 nitrogen and oxygen atoms in total. The Kier molecular flexibility index (Phi) is 1.78. The van der Waals surface area contributed by atoms with E-state index in [9.17, 15) is 0 Å². The first kappa shape index (κ1) is 8.58. The first-order valence-electron chi connectivity index (χ1n) is 4.67. The van der Waals surface area contributed by atoms with Gasteiger partial charge in [0.15, 0.2) is 0 Å². The summed E-state index contributed by atoms with van der Waals surface area (Å²) in [4.78, 5) is 0. The minimum atomic E-state index is -0.0538. The second-order valence-corrected chi connectivity index (χ2v) is 5.03. The second-order valence-electron chi connectivity index (χ2n) is 5.03. The maximum Gasteiger partial charge on any atom is 0.488 e. The lowest BCUT2D eigenvalue weighted by atomic mass is 9.69. The Morgan fingerprint density at radius 1 is 1.33 bits per heavy atom. The molecule has 1 aliphatic carbocycles. The molecule has 67 valence electrons. The molecule has 1 radical (unpaired) electrons. The van der Waals surface area contributed by atoms with Crippen LogP contribution in [0.4, 0.5) is 0 Å². The van der Waals surface area contributed by atoms with Crippen molar-refractivity contribution in [3.63, 3.8) is 0 Å². The Balaban J connectivity index is 2.15. The second kappa shape index (κ2) is 2.49. The van der Waals surface area contributed by atoms with Gasteiger partial charge in [-0.05, 0) is 31.6 Å². The third kappa shape index (κ3) is 1.29. The molecular weight excluding hydrogens is 151 g/mol. The average molecular weight is 167 g/mol. The van der Waals surface area contributed by atoms with Gasteiger partial charge in [-0.2, -0.15) is 0 Å². The summed E-state index contributed by atoms with van der Waals surface area (Å²) in [5.74, 6) is 0. The summed E-state index contributed by atoms with van der Waals surface area (Å²) in [5.41, 5.74) is 0.356. The van der Waals surface area contributed by atoms with Crippen LogP contribution in [0.5, 0.6) is 0 Å². The minimum Gasteiger partial charge on any atom is -0.407 e. The van der Waals surface area contributed by atoms with Crippen LogP contribution >= 0.6 is 0 Å². The summed E-state index contributed by atoms with van der Waals surface area (Å²) in [6.07, 6.45) is 3.76. The average Bonchev–Trinajstić information content (AvgIpc) is 2.26. The zero-order valence-electron chi connectivity index (χ0n) is 8.09.